The van der Waals surface area contributed by atoms with Gasteiger partial charge in [0.2, 0.25) is 5.91 Å². The van der Waals surface area contributed by atoms with Crippen LogP contribution in [0.2, 0.25) is 0 Å². The zero-order valence-corrected chi connectivity index (χ0v) is 22.1. The lowest BCUT2D eigenvalue weighted by Crippen LogP contribution is -2.34. The number of aliphatic carboxylic acids is 1. The van der Waals surface area contributed by atoms with E-state index in [0.717, 1.165) is 19.3 Å². The van der Waals surface area contributed by atoms with Gasteiger partial charge in [-0.3, -0.25) is 14.4 Å². The molecule has 0 aromatic rings. The fourth-order valence-corrected chi connectivity index (χ4v) is 6.09. The molecule has 2 rings (SSSR count). The molecule has 9 atom stereocenters. The number of aliphatic hydroxyl groups excluding tert-OH is 2. The second-order valence-corrected chi connectivity index (χ2v) is 11.3. The molecular formula is C28H45NO7. The normalized spacial score (nSPS) is 40.2. The van der Waals surface area contributed by atoms with Crippen LogP contribution in [0.1, 0.15) is 79.1 Å². The number of carboxylic acid groups (broad SMARTS) is 1. The van der Waals surface area contributed by atoms with Crippen LogP contribution >= 0.6 is 0 Å². The molecule has 8 heteroatoms. The summed E-state index contributed by atoms with van der Waals surface area (Å²) in [7, 11) is 0. The molecule has 36 heavy (non-hydrogen) atoms. The van der Waals surface area contributed by atoms with Crippen molar-refractivity contribution in [3.8, 4) is 0 Å². The Morgan fingerprint density at radius 3 is 2.25 bits per heavy atom. The predicted molar refractivity (Wildman–Crippen MR) is 137 cm³/mol. The number of carbonyl (C=O) groups is 3. The predicted octanol–water partition coefficient (Wildman–Crippen LogP) is 3.60. The van der Waals surface area contributed by atoms with Gasteiger partial charge in [0.15, 0.2) is 0 Å². The van der Waals surface area contributed by atoms with Gasteiger partial charge in [-0.25, -0.2) is 0 Å². The molecule has 1 aliphatic heterocycles. The van der Waals surface area contributed by atoms with Gasteiger partial charge in [-0.05, 0) is 55.8 Å². The van der Waals surface area contributed by atoms with Crippen LogP contribution in [0.5, 0.6) is 0 Å². The minimum Gasteiger partial charge on any atom is -0.481 e. The number of hydrogen-bond acceptors (Lipinski definition) is 6. The summed E-state index contributed by atoms with van der Waals surface area (Å²) in [6, 6.07) is 0. The Balaban J connectivity index is 2.34. The van der Waals surface area contributed by atoms with Crippen molar-refractivity contribution in [2.45, 2.75) is 97.4 Å². The van der Waals surface area contributed by atoms with Crippen LogP contribution in [0.4, 0.5) is 0 Å². The number of rotatable bonds is 3. The van der Waals surface area contributed by atoms with Gasteiger partial charge in [0.25, 0.3) is 0 Å². The minimum absolute atomic E-state index is 0.109. The summed E-state index contributed by atoms with van der Waals surface area (Å²) in [5.41, 5.74) is 5.68. The Hall–Kier alpha value is -2.19. The third-order valence-electron chi connectivity index (χ3n) is 7.96. The van der Waals surface area contributed by atoms with Crippen LogP contribution in [-0.4, -0.2) is 51.5 Å². The highest BCUT2D eigenvalue weighted by Crippen LogP contribution is 2.37. The number of carbonyl (C=O) groups excluding carboxylic acids is 2. The molecule has 8 nitrogen and oxygen atoms in total. The number of cyclic esters (lactones) is 1. The molecule has 1 fully saturated rings. The zero-order chi connectivity index (χ0) is 27.0. The topological polar surface area (TPSA) is 147 Å². The van der Waals surface area contributed by atoms with Crippen molar-refractivity contribution in [1.82, 2.24) is 0 Å². The highest BCUT2D eigenvalue weighted by molar-refractivity contribution is 5.93. The van der Waals surface area contributed by atoms with E-state index in [0.29, 0.717) is 25.2 Å². The molecule has 2 aliphatic rings. The highest BCUT2D eigenvalue weighted by Gasteiger charge is 2.39. The van der Waals surface area contributed by atoms with E-state index in [9.17, 15) is 29.7 Å². The first-order valence-electron chi connectivity index (χ1n) is 13.4. The maximum Gasteiger partial charge on any atom is 0.308 e. The standard InChI is InChI=1S/C28H45NO7/c1-16-12-17(2)14-19(4)26(32)22(27(29)33)8-5-6-11-24(20-9-7-10-21(20)28(34)35)36-25(31)15-23(30)18(3)13-16/h5-6,8,16-21,23-24,26,30,32H,7,9-15H2,1-4H3,(H2,29,33)(H,34,35)/b6-5+,22-8+/t16-,17+,18-,19-,20+,21+,23-,24-,26+/m0/s1. The van der Waals surface area contributed by atoms with E-state index in [1.165, 1.54) is 6.08 Å². The summed E-state index contributed by atoms with van der Waals surface area (Å²) in [6.07, 6.45) is 6.66. The van der Waals surface area contributed by atoms with E-state index in [1.807, 2.05) is 13.8 Å². The van der Waals surface area contributed by atoms with Gasteiger partial charge in [-0.2, -0.15) is 0 Å². The Bertz CT molecular complexity index is 823. The maximum absolute atomic E-state index is 12.8. The summed E-state index contributed by atoms with van der Waals surface area (Å²) in [5.74, 6) is -2.76. The summed E-state index contributed by atoms with van der Waals surface area (Å²) in [6.45, 7) is 8.04. The van der Waals surface area contributed by atoms with E-state index >= 15 is 0 Å². The first kappa shape index (κ1) is 30.0. The third kappa shape index (κ3) is 8.73. The van der Waals surface area contributed by atoms with Crippen molar-refractivity contribution in [3.05, 3.63) is 23.8 Å². The lowest BCUT2D eigenvalue weighted by atomic mass is 9.81. The van der Waals surface area contributed by atoms with Gasteiger partial charge in [0.05, 0.1) is 24.5 Å². The van der Waals surface area contributed by atoms with Crippen LogP contribution < -0.4 is 5.73 Å². The van der Waals surface area contributed by atoms with E-state index in [-0.39, 0.29) is 42.1 Å². The Kier molecular flexibility index (Phi) is 11.6. The number of ether oxygens (including phenoxy) is 1. The number of carboxylic acids is 1. The number of amides is 1. The molecular weight excluding hydrogens is 462 g/mol. The van der Waals surface area contributed by atoms with Crippen molar-refractivity contribution in [2.75, 3.05) is 0 Å². The number of hydrogen-bond donors (Lipinski definition) is 4. The number of nitrogens with two attached hydrogens (primary N) is 1. The molecule has 0 aromatic heterocycles. The molecule has 0 radical (unpaired) electrons. The van der Waals surface area contributed by atoms with Crippen LogP contribution in [0.15, 0.2) is 23.8 Å². The molecule has 1 heterocycles. The summed E-state index contributed by atoms with van der Waals surface area (Å²) < 4.78 is 5.76. The SMILES string of the molecule is C[C@@H]1C[C@H](C)C[C@H](C)[C@@H](O)CC(=O)O[C@H]([C@@H]2CCC[C@H]2C(=O)O)C/C=C/C=C(/C(N)=O)[C@H](O)[C@@H](C)C1. The molecule has 204 valence electrons. The van der Waals surface area contributed by atoms with Crippen molar-refractivity contribution < 1.29 is 34.4 Å². The molecule has 0 saturated heterocycles. The molecule has 0 bridgehead atoms. The monoisotopic (exact) mass is 507 g/mol. The average molecular weight is 508 g/mol. The summed E-state index contributed by atoms with van der Waals surface area (Å²) in [4.78, 5) is 36.6. The van der Waals surface area contributed by atoms with Gasteiger partial charge in [-0.15, -0.1) is 0 Å². The fraction of sp³-hybridized carbons (Fsp3) is 0.750. The van der Waals surface area contributed by atoms with Gasteiger partial charge < -0.3 is 25.8 Å². The van der Waals surface area contributed by atoms with E-state index in [1.54, 1.807) is 12.2 Å². The largest absolute Gasteiger partial charge is 0.481 e. The van der Waals surface area contributed by atoms with Crippen LogP contribution in [0, 0.1) is 35.5 Å². The lowest BCUT2D eigenvalue weighted by molar-refractivity contribution is -0.159. The van der Waals surface area contributed by atoms with Crippen LogP contribution in [-0.2, 0) is 19.1 Å². The van der Waals surface area contributed by atoms with Gasteiger partial charge in [0.1, 0.15) is 6.10 Å². The van der Waals surface area contributed by atoms with Gasteiger partial charge >= 0.3 is 11.9 Å². The second-order valence-electron chi connectivity index (χ2n) is 11.3. The number of aliphatic hydroxyl groups is 2. The lowest BCUT2D eigenvalue weighted by Gasteiger charge is -2.28. The highest BCUT2D eigenvalue weighted by atomic mass is 16.5. The first-order chi connectivity index (χ1) is 16.9. The van der Waals surface area contributed by atoms with Crippen LogP contribution in [0.25, 0.3) is 0 Å². The smallest absolute Gasteiger partial charge is 0.308 e. The molecule has 1 amide bonds. The minimum atomic E-state index is -1.01. The number of primary amides is 1. The summed E-state index contributed by atoms with van der Waals surface area (Å²) >= 11 is 0. The quantitative estimate of drug-likeness (QED) is 0.427. The zero-order valence-electron chi connectivity index (χ0n) is 22.1. The molecule has 0 aromatic carbocycles. The van der Waals surface area contributed by atoms with Gasteiger partial charge in [-0.1, -0.05) is 52.3 Å². The first-order valence-corrected chi connectivity index (χ1v) is 13.4. The van der Waals surface area contributed by atoms with Crippen LogP contribution in [0.3, 0.4) is 0 Å². The maximum atomic E-state index is 12.8. The van der Waals surface area contributed by atoms with E-state index in [4.69, 9.17) is 10.5 Å². The van der Waals surface area contributed by atoms with E-state index in [2.05, 4.69) is 13.8 Å². The molecule has 1 aliphatic carbocycles. The van der Waals surface area contributed by atoms with Crippen molar-refractivity contribution in [3.63, 3.8) is 0 Å². The summed E-state index contributed by atoms with van der Waals surface area (Å²) in [5, 5.41) is 31.2. The fourth-order valence-electron chi connectivity index (χ4n) is 6.09. The Labute approximate surface area is 215 Å². The van der Waals surface area contributed by atoms with Crippen molar-refractivity contribution in [1.29, 1.82) is 0 Å². The number of esters is 1. The number of allylic oxidation sites excluding steroid dienone is 2. The third-order valence-corrected chi connectivity index (χ3v) is 7.96. The Morgan fingerprint density at radius 1 is 1.00 bits per heavy atom. The second kappa shape index (κ2) is 13.9. The van der Waals surface area contributed by atoms with Crippen molar-refractivity contribution >= 4 is 17.8 Å². The Morgan fingerprint density at radius 2 is 1.64 bits per heavy atom. The van der Waals surface area contributed by atoms with Gasteiger partial charge in [0, 0.05) is 17.9 Å². The average Bonchev–Trinajstić information content (AvgIpc) is 3.26. The van der Waals surface area contributed by atoms with Crippen molar-refractivity contribution in [2.24, 2.45) is 41.2 Å². The molecule has 1 saturated carbocycles. The molecule has 5 N–H and O–H groups in total. The van der Waals surface area contributed by atoms with E-state index < -0.39 is 42.1 Å². The molecule has 0 unspecified atom stereocenters. The molecule has 0 spiro atoms.